The number of carbonyl (C=O) groups excluding carboxylic acids is 2. The lowest BCUT2D eigenvalue weighted by atomic mass is 9.86. The van der Waals surface area contributed by atoms with E-state index in [1.54, 1.807) is 25.2 Å². The Bertz CT molecular complexity index is 925. The van der Waals surface area contributed by atoms with Gasteiger partial charge in [-0.3, -0.25) is 9.59 Å². The second-order valence-electron chi connectivity index (χ2n) is 8.34. The van der Waals surface area contributed by atoms with Gasteiger partial charge in [0.1, 0.15) is 11.8 Å². The van der Waals surface area contributed by atoms with Crippen LogP contribution in [-0.2, 0) is 21.5 Å². The molecule has 31 heavy (non-hydrogen) atoms. The number of ether oxygens (including phenoxy) is 1. The maximum atomic E-state index is 13.2. The summed E-state index contributed by atoms with van der Waals surface area (Å²) in [6, 6.07) is 12.2. The molecule has 0 aliphatic carbocycles. The first kappa shape index (κ1) is 25.0. The van der Waals surface area contributed by atoms with Crippen molar-refractivity contribution in [1.29, 1.82) is 0 Å². The molecule has 0 heterocycles. The van der Waals surface area contributed by atoms with Crippen molar-refractivity contribution < 1.29 is 14.3 Å². The molecule has 0 saturated carbocycles. The first-order valence-corrected chi connectivity index (χ1v) is 11.0. The Labute approximate surface area is 194 Å². The van der Waals surface area contributed by atoms with Crippen molar-refractivity contribution in [2.24, 2.45) is 0 Å². The predicted molar refractivity (Wildman–Crippen MR) is 126 cm³/mol. The molecule has 7 heteroatoms. The van der Waals surface area contributed by atoms with Gasteiger partial charge in [-0.1, -0.05) is 75.2 Å². The zero-order valence-electron chi connectivity index (χ0n) is 18.7. The molecule has 0 saturated heterocycles. The third-order valence-electron chi connectivity index (χ3n) is 5.02. The Balaban J connectivity index is 2.28. The second kappa shape index (κ2) is 10.9. The molecule has 5 nitrogen and oxygen atoms in total. The first-order chi connectivity index (χ1) is 14.6. The molecule has 0 bridgehead atoms. The van der Waals surface area contributed by atoms with Crippen LogP contribution in [0, 0.1) is 0 Å². The minimum atomic E-state index is -0.631. The number of benzene rings is 2. The van der Waals surface area contributed by atoms with E-state index in [0.717, 1.165) is 11.1 Å². The average molecular weight is 465 g/mol. The molecule has 1 atom stereocenters. The van der Waals surface area contributed by atoms with Crippen LogP contribution < -0.4 is 10.1 Å². The van der Waals surface area contributed by atoms with E-state index >= 15 is 0 Å². The van der Waals surface area contributed by atoms with Gasteiger partial charge in [0, 0.05) is 13.6 Å². The number of carbonyl (C=O) groups is 2. The molecule has 0 fully saturated rings. The van der Waals surface area contributed by atoms with Gasteiger partial charge in [0.2, 0.25) is 5.91 Å². The predicted octanol–water partition coefficient (Wildman–Crippen LogP) is 5.22. The Kier molecular flexibility index (Phi) is 8.78. The summed E-state index contributed by atoms with van der Waals surface area (Å²) in [5.41, 5.74) is 1.66. The summed E-state index contributed by atoms with van der Waals surface area (Å²) in [6.45, 7) is 8.17. The molecular weight excluding hydrogens is 435 g/mol. The van der Waals surface area contributed by atoms with E-state index in [-0.39, 0.29) is 30.4 Å². The standard InChI is InChI=1S/C24H30Cl2N2O3/c1-6-20(23(30)27-5)28(14-16-11-12-18(25)19(26)13-16)22(29)15-31-21-10-8-7-9-17(21)24(2,3)4/h7-13,20H,6,14-15H2,1-5H3,(H,27,30). The molecule has 0 aromatic heterocycles. The third-order valence-corrected chi connectivity index (χ3v) is 5.75. The largest absolute Gasteiger partial charge is 0.483 e. The fourth-order valence-electron chi connectivity index (χ4n) is 3.36. The van der Waals surface area contributed by atoms with E-state index in [9.17, 15) is 9.59 Å². The topological polar surface area (TPSA) is 58.6 Å². The summed E-state index contributed by atoms with van der Waals surface area (Å²) >= 11 is 12.2. The number of amides is 2. The molecular formula is C24H30Cl2N2O3. The van der Waals surface area contributed by atoms with Crippen LogP contribution in [0.5, 0.6) is 5.75 Å². The van der Waals surface area contributed by atoms with Crippen LogP contribution in [-0.4, -0.2) is 36.4 Å². The maximum absolute atomic E-state index is 13.2. The number of hydrogen-bond acceptors (Lipinski definition) is 3. The molecule has 0 radical (unpaired) electrons. The van der Waals surface area contributed by atoms with Gasteiger partial charge in [0.05, 0.1) is 10.0 Å². The smallest absolute Gasteiger partial charge is 0.261 e. The van der Waals surface area contributed by atoms with Crippen LogP contribution in [0.3, 0.4) is 0 Å². The molecule has 0 aliphatic rings. The lowest BCUT2D eigenvalue weighted by molar-refractivity contribution is -0.142. The summed E-state index contributed by atoms with van der Waals surface area (Å²) < 4.78 is 5.92. The second-order valence-corrected chi connectivity index (χ2v) is 9.16. The molecule has 168 valence electrons. The van der Waals surface area contributed by atoms with Gasteiger partial charge < -0.3 is 15.0 Å². The number of para-hydroxylation sites is 1. The van der Waals surface area contributed by atoms with Crippen LogP contribution in [0.1, 0.15) is 45.2 Å². The van der Waals surface area contributed by atoms with Gasteiger partial charge in [-0.05, 0) is 41.2 Å². The summed E-state index contributed by atoms with van der Waals surface area (Å²) in [6.07, 6.45) is 0.464. The minimum absolute atomic E-state index is 0.132. The average Bonchev–Trinajstić information content (AvgIpc) is 2.73. The van der Waals surface area contributed by atoms with Gasteiger partial charge in [0.15, 0.2) is 6.61 Å². The van der Waals surface area contributed by atoms with Crippen LogP contribution in [0.4, 0.5) is 0 Å². The van der Waals surface area contributed by atoms with Crippen molar-refractivity contribution in [3.63, 3.8) is 0 Å². The van der Waals surface area contributed by atoms with Gasteiger partial charge in [-0.15, -0.1) is 0 Å². The van der Waals surface area contributed by atoms with E-state index in [0.29, 0.717) is 22.2 Å². The normalized spacial score (nSPS) is 12.2. The highest BCUT2D eigenvalue weighted by Crippen LogP contribution is 2.31. The molecule has 1 unspecified atom stereocenters. The molecule has 0 spiro atoms. The summed E-state index contributed by atoms with van der Waals surface area (Å²) in [4.78, 5) is 27.2. The van der Waals surface area contributed by atoms with Crippen LogP contribution >= 0.6 is 23.2 Å². The molecule has 2 aromatic carbocycles. The molecule has 2 rings (SSSR count). The third kappa shape index (κ3) is 6.62. The number of rotatable bonds is 8. The van der Waals surface area contributed by atoms with Gasteiger partial charge in [-0.25, -0.2) is 0 Å². The van der Waals surface area contributed by atoms with Crippen molar-refractivity contribution >= 4 is 35.0 Å². The van der Waals surface area contributed by atoms with Gasteiger partial charge in [-0.2, -0.15) is 0 Å². The number of nitrogens with one attached hydrogen (secondary N) is 1. The molecule has 2 amide bonds. The van der Waals surface area contributed by atoms with Gasteiger partial charge >= 0.3 is 0 Å². The van der Waals surface area contributed by atoms with Crippen molar-refractivity contribution in [1.82, 2.24) is 10.2 Å². The number of likely N-dealkylation sites (N-methyl/N-ethyl adjacent to an activating group) is 1. The van der Waals surface area contributed by atoms with E-state index in [1.807, 2.05) is 31.2 Å². The Hall–Kier alpha value is -2.24. The highest BCUT2D eigenvalue weighted by atomic mass is 35.5. The highest BCUT2D eigenvalue weighted by Gasteiger charge is 2.29. The Morgan fingerprint density at radius 2 is 1.77 bits per heavy atom. The van der Waals surface area contributed by atoms with Crippen molar-refractivity contribution in [2.75, 3.05) is 13.7 Å². The lowest BCUT2D eigenvalue weighted by Crippen LogP contribution is -2.49. The monoisotopic (exact) mass is 464 g/mol. The lowest BCUT2D eigenvalue weighted by Gasteiger charge is -2.30. The Morgan fingerprint density at radius 3 is 2.35 bits per heavy atom. The number of halogens is 2. The van der Waals surface area contributed by atoms with Crippen molar-refractivity contribution in [2.45, 2.75) is 52.1 Å². The number of nitrogens with zero attached hydrogens (tertiary/aromatic N) is 1. The fourth-order valence-corrected chi connectivity index (χ4v) is 3.68. The molecule has 2 aromatic rings. The van der Waals surface area contributed by atoms with Crippen LogP contribution in [0.2, 0.25) is 10.0 Å². The molecule has 0 aliphatic heterocycles. The quantitative estimate of drug-likeness (QED) is 0.582. The zero-order valence-corrected chi connectivity index (χ0v) is 20.2. The van der Waals surface area contributed by atoms with E-state index in [1.165, 1.54) is 4.90 Å². The van der Waals surface area contributed by atoms with Crippen LogP contribution in [0.25, 0.3) is 0 Å². The van der Waals surface area contributed by atoms with Gasteiger partial charge in [0.25, 0.3) is 5.91 Å². The van der Waals surface area contributed by atoms with E-state index in [4.69, 9.17) is 27.9 Å². The fraction of sp³-hybridized carbons (Fsp3) is 0.417. The van der Waals surface area contributed by atoms with E-state index < -0.39 is 6.04 Å². The first-order valence-electron chi connectivity index (χ1n) is 10.3. The summed E-state index contributed by atoms with van der Waals surface area (Å²) in [5.74, 6) is 0.141. The van der Waals surface area contributed by atoms with E-state index in [2.05, 4.69) is 26.1 Å². The highest BCUT2D eigenvalue weighted by molar-refractivity contribution is 6.42. The van der Waals surface area contributed by atoms with Crippen LogP contribution in [0.15, 0.2) is 42.5 Å². The maximum Gasteiger partial charge on any atom is 0.261 e. The minimum Gasteiger partial charge on any atom is -0.483 e. The number of hydrogen-bond donors (Lipinski definition) is 1. The summed E-state index contributed by atoms with van der Waals surface area (Å²) in [7, 11) is 1.56. The SMILES string of the molecule is CCC(C(=O)NC)N(Cc1ccc(Cl)c(Cl)c1)C(=O)COc1ccccc1C(C)(C)C. The van der Waals surface area contributed by atoms with Crippen molar-refractivity contribution in [3.8, 4) is 5.75 Å². The molecule has 1 N–H and O–H groups in total. The Morgan fingerprint density at radius 1 is 1.10 bits per heavy atom. The zero-order chi connectivity index (χ0) is 23.2. The van der Waals surface area contributed by atoms with Crippen molar-refractivity contribution in [3.05, 3.63) is 63.6 Å². The summed E-state index contributed by atoms with van der Waals surface area (Å²) in [5, 5.41) is 3.47.